The first-order valence-corrected chi connectivity index (χ1v) is 13.2. The van der Waals surface area contributed by atoms with Gasteiger partial charge in [0, 0.05) is 19.0 Å². The monoisotopic (exact) mass is 502 g/mol. The summed E-state index contributed by atoms with van der Waals surface area (Å²) in [4.78, 5) is 28.4. The highest BCUT2D eigenvalue weighted by atomic mass is 35.5. The van der Waals surface area contributed by atoms with E-state index in [1.165, 1.54) is 5.56 Å². The van der Waals surface area contributed by atoms with Crippen LogP contribution >= 0.6 is 23.2 Å². The van der Waals surface area contributed by atoms with Crippen molar-refractivity contribution in [2.24, 2.45) is 0 Å². The van der Waals surface area contributed by atoms with E-state index in [1.54, 1.807) is 17.0 Å². The first-order valence-electron chi connectivity index (χ1n) is 12.4. The van der Waals surface area contributed by atoms with Gasteiger partial charge in [-0.25, -0.2) is 0 Å². The summed E-state index contributed by atoms with van der Waals surface area (Å²) >= 11 is 12.3. The molecule has 184 valence electrons. The van der Waals surface area contributed by atoms with E-state index in [2.05, 4.69) is 43.4 Å². The molecule has 6 heteroatoms. The van der Waals surface area contributed by atoms with Crippen molar-refractivity contribution in [1.29, 1.82) is 0 Å². The number of rotatable bonds is 10. The van der Waals surface area contributed by atoms with Gasteiger partial charge in [0.05, 0.1) is 10.0 Å². The maximum Gasteiger partial charge on any atom is 0.243 e. The zero-order chi connectivity index (χ0) is 24.7. The third-order valence-electron chi connectivity index (χ3n) is 6.70. The smallest absolute Gasteiger partial charge is 0.243 e. The van der Waals surface area contributed by atoms with Crippen molar-refractivity contribution in [2.75, 3.05) is 0 Å². The summed E-state index contributed by atoms with van der Waals surface area (Å²) < 4.78 is 0. The van der Waals surface area contributed by atoms with Gasteiger partial charge in [-0.1, -0.05) is 87.1 Å². The molecule has 2 aromatic rings. The van der Waals surface area contributed by atoms with Gasteiger partial charge in [0.2, 0.25) is 11.8 Å². The van der Waals surface area contributed by atoms with Crippen LogP contribution in [0.3, 0.4) is 0 Å². The highest BCUT2D eigenvalue weighted by Crippen LogP contribution is 2.25. The second kappa shape index (κ2) is 12.6. The summed E-state index contributed by atoms with van der Waals surface area (Å²) in [6, 6.07) is 13.5. The van der Waals surface area contributed by atoms with Crippen LogP contribution in [0.1, 0.15) is 81.9 Å². The number of benzene rings is 2. The molecule has 0 saturated heterocycles. The highest BCUT2D eigenvalue weighted by Gasteiger charge is 2.30. The molecule has 0 radical (unpaired) electrons. The molecule has 1 fully saturated rings. The minimum Gasteiger partial charge on any atom is -0.352 e. The Hall–Kier alpha value is -2.04. The lowest BCUT2D eigenvalue weighted by Gasteiger charge is -2.31. The Kier molecular flexibility index (Phi) is 9.85. The third-order valence-corrected chi connectivity index (χ3v) is 7.44. The lowest BCUT2D eigenvalue weighted by atomic mass is 10.00. The van der Waals surface area contributed by atoms with Crippen molar-refractivity contribution in [3.05, 3.63) is 69.2 Å². The Morgan fingerprint density at radius 2 is 1.65 bits per heavy atom. The summed E-state index contributed by atoms with van der Waals surface area (Å²) in [6.07, 6.45) is 5.83. The Morgan fingerprint density at radius 3 is 2.24 bits per heavy atom. The SMILES string of the molecule is CC[C@@H](C(=O)NC1CCCC1)N(Cc1ccc(Cl)c(Cl)c1)C(=O)CCc1ccc(C(C)C)cc1. The number of aryl methyl sites for hydroxylation is 1. The summed E-state index contributed by atoms with van der Waals surface area (Å²) in [5.41, 5.74) is 3.26. The molecule has 1 atom stereocenters. The van der Waals surface area contributed by atoms with Crippen LogP contribution in [0.2, 0.25) is 10.0 Å². The van der Waals surface area contributed by atoms with Crippen LogP contribution in [0.25, 0.3) is 0 Å². The largest absolute Gasteiger partial charge is 0.352 e. The van der Waals surface area contributed by atoms with E-state index >= 15 is 0 Å². The normalized spacial score (nSPS) is 14.9. The molecule has 2 amide bonds. The van der Waals surface area contributed by atoms with E-state index in [4.69, 9.17) is 23.2 Å². The molecule has 1 N–H and O–H groups in total. The minimum absolute atomic E-state index is 0.0348. The van der Waals surface area contributed by atoms with Crippen molar-refractivity contribution >= 4 is 35.0 Å². The maximum atomic E-state index is 13.5. The number of hydrogen-bond donors (Lipinski definition) is 1. The quantitative estimate of drug-likeness (QED) is 0.383. The van der Waals surface area contributed by atoms with Crippen molar-refractivity contribution in [3.8, 4) is 0 Å². The molecule has 3 rings (SSSR count). The standard InChI is InChI=1S/C28H36Cl2N2O2/c1-4-26(28(34)31-23-7-5-6-8-23)32(18-21-11-15-24(29)25(30)17-21)27(33)16-12-20-9-13-22(14-10-20)19(2)3/h9-11,13-15,17,19,23,26H,4-8,12,16,18H2,1-3H3,(H,31,34)/t26-/m0/s1. The lowest BCUT2D eigenvalue weighted by molar-refractivity contribution is -0.141. The van der Waals surface area contributed by atoms with Crippen molar-refractivity contribution in [1.82, 2.24) is 10.2 Å². The lowest BCUT2D eigenvalue weighted by Crippen LogP contribution is -2.51. The molecule has 2 aromatic carbocycles. The molecule has 0 heterocycles. The number of carbonyl (C=O) groups is 2. The van der Waals surface area contributed by atoms with Crippen LogP contribution in [0.5, 0.6) is 0 Å². The molecule has 4 nitrogen and oxygen atoms in total. The van der Waals surface area contributed by atoms with Gasteiger partial charge in [-0.2, -0.15) is 0 Å². The van der Waals surface area contributed by atoms with Gasteiger partial charge in [-0.3, -0.25) is 9.59 Å². The zero-order valence-corrected chi connectivity index (χ0v) is 22.0. The van der Waals surface area contributed by atoms with E-state index in [9.17, 15) is 9.59 Å². The molecule has 1 saturated carbocycles. The zero-order valence-electron chi connectivity index (χ0n) is 20.4. The van der Waals surface area contributed by atoms with Gasteiger partial charge >= 0.3 is 0 Å². The van der Waals surface area contributed by atoms with Gasteiger partial charge in [0.1, 0.15) is 6.04 Å². The van der Waals surface area contributed by atoms with Gasteiger partial charge in [-0.15, -0.1) is 0 Å². The third kappa shape index (κ3) is 7.23. The summed E-state index contributed by atoms with van der Waals surface area (Å²) in [5, 5.41) is 4.10. The van der Waals surface area contributed by atoms with Crippen LogP contribution < -0.4 is 5.32 Å². The summed E-state index contributed by atoms with van der Waals surface area (Å²) in [5.74, 6) is 0.373. The molecule has 34 heavy (non-hydrogen) atoms. The van der Waals surface area contributed by atoms with E-state index in [0.29, 0.717) is 41.8 Å². The van der Waals surface area contributed by atoms with Gasteiger partial charge in [0.25, 0.3) is 0 Å². The molecule has 0 aliphatic heterocycles. The summed E-state index contributed by atoms with van der Waals surface area (Å²) in [6.45, 7) is 6.61. The van der Waals surface area contributed by atoms with Gasteiger partial charge in [0.15, 0.2) is 0 Å². The number of nitrogens with zero attached hydrogens (tertiary/aromatic N) is 1. The molecule has 1 aliphatic carbocycles. The molecule has 0 unspecified atom stereocenters. The van der Waals surface area contributed by atoms with Crippen LogP contribution in [-0.4, -0.2) is 28.8 Å². The predicted molar refractivity (Wildman–Crippen MR) is 140 cm³/mol. The highest BCUT2D eigenvalue weighted by molar-refractivity contribution is 6.42. The maximum absolute atomic E-state index is 13.5. The molecule has 0 spiro atoms. The number of carbonyl (C=O) groups excluding carboxylic acids is 2. The van der Waals surface area contributed by atoms with Crippen LogP contribution in [-0.2, 0) is 22.6 Å². The Balaban J connectivity index is 1.76. The molecular formula is C28H36Cl2N2O2. The number of amides is 2. The topological polar surface area (TPSA) is 49.4 Å². The van der Waals surface area contributed by atoms with Gasteiger partial charge < -0.3 is 10.2 Å². The van der Waals surface area contributed by atoms with Crippen LogP contribution in [0.15, 0.2) is 42.5 Å². The van der Waals surface area contributed by atoms with E-state index in [-0.39, 0.29) is 17.9 Å². The van der Waals surface area contributed by atoms with Crippen molar-refractivity contribution < 1.29 is 9.59 Å². The number of hydrogen-bond acceptors (Lipinski definition) is 2. The molecule has 0 bridgehead atoms. The molecule has 1 aliphatic rings. The minimum atomic E-state index is -0.522. The Bertz CT molecular complexity index is 969. The fraction of sp³-hybridized carbons (Fsp3) is 0.500. The number of halogens is 2. The van der Waals surface area contributed by atoms with Crippen molar-refractivity contribution in [2.45, 2.75) is 90.3 Å². The predicted octanol–water partition coefficient (Wildman–Crippen LogP) is 6.92. The fourth-order valence-electron chi connectivity index (χ4n) is 4.59. The van der Waals surface area contributed by atoms with Crippen molar-refractivity contribution in [3.63, 3.8) is 0 Å². The molecular weight excluding hydrogens is 467 g/mol. The average Bonchev–Trinajstić information content (AvgIpc) is 3.33. The second-order valence-corrected chi connectivity index (χ2v) is 10.4. The Morgan fingerprint density at radius 1 is 1.00 bits per heavy atom. The van der Waals surface area contributed by atoms with Crippen LogP contribution in [0.4, 0.5) is 0 Å². The average molecular weight is 504 g/mol. The summed E-state index contributed by atoms with van der Waals surface area (Å²) in [7, 11) is 0. The Labute approximate surface area is 214 Å². The fourth-order valence-corrected chi connectivity index (χ4v) is 4.91. The van der Waals surface area contributed by atoms with E-state index < -0.39 is 6.04 Å². The molecule has 0 aromatic heterocycles. The van der Waals surface area contributed by atoms with Gasteiger partial charge in [-0.05, 0) is 60.4 Å². The first kappa shape index (κ1) is 26.6. The van der Waals surface area contributed by atoms with Crippen LogP contribution in [0, 0.1) is 0 Å². The first-order chi connectivity index (χ1) is 16.3. The van der Waals surface area contributed by atoms with E-state index in [0.717, 1.165) is 36.8 Å². The van der Waals surface area contributed by atoms with E-state index in [1.807, 2.05) is 13.0 Å². The number of nitrogens with one attached hydrogen (secondary N) is 1. The second-order valence-electron chi connectivity index (χ2n) is 9.58.